The minimum atomic E-state index is 0.0456. The number of ketones is 1. The number of carbonyl (C=O) groups excluding carboxylic acids is 2. The first-order chi connectivity index (χ1) is 25.6. The summed E-state index contributed by atoms with van der Waals surface area (Å²) in [6, 6.07) is 9.81. The Morgan fingerprint density at radius 3 is 2.13 bits per heavy atom. The van der Waals surface area contributed by atoms with Gasteiger partial charge in [-0.05, 0) is 166 Å². The molecule has 3 heteroatoms. The van der Waals surface area contributed by atoms with Crippen molar-refractivity contribution in [2.45, 2.75) is 191 Å². The molecule has 6 aliphatic carbocycles. The van der Waals surface area contributed by atoms with Crippen LogP contribution in [0.3, 0.4) is 0 Å². The molecule has 0 aromatic heterocycles. The summed E-state index contributed by atoms with van der Waals surface area (Å²) in [6.07, 6.45) is 25.5. The third-order valence-electron chi connectivity index (χ3n) is 17.6. The Morgan fingerprint density at radius 1 is 0.796 bits per heavy atom. The van der Waals surface area contributed by atoms with E-state index in [1.807, 2.05) is 13.8 Å². The van der Waals surface area contributed by atoms with E-state index in [-0.39, 0.29) is 10.8 Å². The fourth-order valence-electron chi connectivity index (χ4n) is 14.2. The summed E-state index contributed by atoms with van der Waals surface area (Å²) in [6.45, 7) is 24.4. The zero-order valence-electron chi connectivity index (χ0n) is 36.7. The number of carbonyl (C=O) groups is 2. The van der Waals surface area contributed by atoms with Gasteiger partial charge in [-0.25, -0.2) is 0 Å². The molecule has 0 N–H and O–H groups in total. The van der Waals surface area contributed by atoms with Crippen LogP contribution < -0.4 is 0 Å². The zero-order chi connectivity index (χ0) is 39.1. The lowest BCUT2D eigenvalue weighted by atomic mass is 9.36. The summed E-state index contributed by atoms with van der Waals surface area (Å²) in [5.74, 6) is 6.57. The highest BCUT2D eigenvalue weighted by atomic mass is 16.2. The predicted molar refractivity (Wildman–Crippen MR) is 228 cm³/mol. The lowest BCUT2D eigenvalue weighted by Crippen LogP contribution is -2.61. The maximum Gasteiger partial charge on any atom is 0.222 e. The molecule has 9 unspecified atom stereocenters. The van der Waals surface area contributed by atoms with Gasteiger partial charge < -0.3 is 4.90 Å². The molecule has 1 heterocycles. The van der Waals surface area contributed by atoms with Crippen LogP contribution in [-0.2, 0) is 9.59 Å². The third kappa shape index (κ3) is 7.84. The van der Waals surface area contributed by atoms with Gasteiger partial charge in [-0.15, -0.1) is 0 Å². The lowest BCUT2D eigenvalue weighted by molar-refractivity contribution is -0.180. The van der Waals surface area contributed by atoms with Gasteiger partial charge in [0.15, 0.2) is 0 Å². The lowest BCUT2D eigenvalue weighted by Gasteiger charge is -2.68. The van der Waals surface area contributed by atoms with Crippen LogP contribution >= 0.6 is 0 Å². The van der Waals surface area contributed by atoms with Crippen LogP contribution in [0.1, 0.15) is 189 Å². The molecule has 54 heavy (non-hydrogen) atoms. The smallest absolute Gasteiger partial charge is 0.222 e. The Kier molecular flexibility index (Phi) is 12.8. The van der Waals surface area contributed by atoms with Crippen LogP contribution in [-0.4, -0.2) is 29.2 Å². The predicted octanol–water partition coefficient (Wildman–Crippen LogP) is 13.7. The average Bonchev–Trinajstić information content (AvgIpc) is 3.80. The van der Waals surface area contributed by atoms with Crippen molar-refractivity contribution in [2.75, 3.05) is 6.54 Å². The summed E-state index contributed by atoms with van der Waals surface area (Å²) in [7, 11) is 0. The number of allylic oxidation sites excluding steroid dienone is 2. The SMILES string of the molecule is CC(=O)C12CCCC1C1CCC3C(C)(CCC4C(C)(C)C(c5ccc(C)cc5)=CCC43C)C1CC2.CC1CC1.CCC(=O)N1CCCC[C@H]1CC(C)CC. The molecule has 1 saturated heterocycles. The summed E-state index contributed by atoms with van der Waals surface area (Å²) >= 11 is 0. The number of nitrogens with zero attached hydrogens (tertiary/aromatic N) is 1. The highest BCUT2D eigenvalue weighted by Gasteiger charge is 2.66. The highest BCUT2D eigenvalue weighted by Crippen LogP contribution is 2.73. The van der Waals surface area contributed by atoms with E-state index < -0.39 is 0 Å². The highest BCUT2D eigenvalue weighted by molar-refractivity contribution is 5.83. The van der Waals surface area contributed by atoms with Crippen molar-refractivity contribution in [2.24, 2.45) is 63.1 Å². The fourth-order valence-corrected chi connectivity index (χ4v) is 14.2. The second kappa shape index (κ2) is 16.5. The monoisotopic (exact) mass is 740 g/mol. The number of aryl methyl sites for hydroxylation is 1. The fraction of sp³-hybridized carbons (Fsp3) is 0.804. The normalized spacial score (nSPS) is 38.4. The van der Waals surface area contributed by atoms with E-state index in [0.29, 0.717) is 40.9 Å². The van der Waals surface area contributed by atoms with E-state index in [1.54, 1.807) is 5.57 Å². The van der Waals surface area contributed by atoms with E-state index in [2.05, 4.69) is 90.6 Å². The largest absolute Gasteiger partial charge is 0.340 e. The molecule has 5 saturated carbocycles. The molecule has 0 radical (unpaired) electrons. The van der Waals surface area contributed by atoms with E-state index in [4.69, 9.17) is 0 Å². The van der Waals surface area contributed by atoms with Gasteiger partial charge in [-0.3, -0.25) is 9.59 Å². The van der Waals surface area contributed by atoms with Crippen LogP contribution in [0, 0.1) is 70.0 Å². The van der Waals surface area contributed by atoms with Crippen LogP contribution in [0.4, 0.5) is 0 Å². The Labute approximate surface area is 332 Å². The molecule has 302 valence electrons. The average molecular weight is 740 g/mol. The van der Waals surface area contributed by atoms with Crippen LogP contribution in [0.15, 0.2) is 30.3 Å². The third-order valence-corrected chi connectivity index (χ3v) is 17.6. The van der Waals surface area contributed by atoms with Crippen molar-refractivity contribution in [3.63, 3.8) is 0 Å². The van der Waals surface area contributed by atoms with Crippen molar-refractivity contribution in [1.82, 2.24) is 4.90 Å². The first-order valence-electron chi connectivity index (χ1n) is 23.2. The summed E-state index contributed by atoms with van der Waals surface area (Å²) in [4.78, 5) is 26.8. The minimum absolute atomic E-state index is 0.0456. The van der Waals surface area contributed by atoms with Crippen LogP contribution in [0.5, 0.6) is 0 Å². The summed E-state index contributed by atoms with van der Waals surface area (Å²) in [5, 5.41) is 0. The van der Waals surface area contributed by atoms with Crippen molar-refractivity contribution in [3.8, 4) is 0 Å². The number of likely N-dealkylation sites (tertiary alicyclic amines) is 1. The van der Waals surface area contributed by atoms with Crippen molar-refractivity contribution >= 4 is 17.3 Å². The van der Waals surface area contributed by atoms with Gasteiger partial charge in [0, 0.05) is 24.4 Å². The van der Waals surface area contributed by atoms with Gasteiger partial charge >= 0.3 is 0 Å². The number of amides is 1. The second-order valence-corrected chi connectivity index (χ2v) is 21.2. The minimum Gasteiger partial charge on any atom is -0.340 e. The number of hydrogen-bond donors (Lipinski definition) is 0. The van der Waals surface area contributed by atoms with Gasteiger partial charge in [0.2, 0.25) is 5.91 Å². The first-order valence-corrected chi connectivity index (χ1v) is 23.2. The summed E-state index contributed by atoms with van der Waals surface area (Å²) in [5.41, 5.74) is 5.47. The quantitative estimate of drug-likeness (QED) is 0.291. The van der Waals surface area contributed by atoms with Crippen LogP contribution in [0.25, 0.3) is 5.57 Å². The molecule has 8 rings (SSSR count). The Balaban J connectivity index is 0.000000217. The molecule has 0 bridgehead atoms. The Hall–Kier alpha value is -1.90. The van der Waals surface area contributed by atoms with E-state index >= 15 is 0 Å². The van der Waals surface area contributed by atoms with E-state index in [1.165, 1.54) is 120 Å². The molecule has 1 aromatic rings. The van der Waals surface area contributed by atoms with Gasteiger partial charge in [-0.2, -0.15) is 0 Å². The van der Waals surface area contributed by atoms with Crippen molar-refractivity contribution in [1.29, 1.82) is 0 Å². The zero-order valence-corrected chi connectivity index (χ0v) is 36.7. The van der Waals surface area contributed by atoms with Gasteiger partial charge in [0.05, 0.1) is 0 Å². The maximum absolute atomic E-state index is 12.9. The molecular weight excluding hydrogens is 659 g/mol. The van der Waals surface area contributed by atoms with Gasteiger partial charge in [-0.1, -0.05) is 117 Å². The molecule has 0 spiro atoms. The standard InChI is InChI=1S/C34H48O.C13H25NO.C4H8/c1-22-9-11-24(12-10-22)26-15-19-33(6)29(31(26,3)4)17-20-32(5)27-16-21-34(23(2)35)18-7-8-28(34)25(27)13-14-30(32)33;1-4-11(3)10-12-8-6-7-9-14(12)13(15)5-2;1-4-2-3-4/h9-12,15,25,27-30H,7-8,13-14,16-21H2,1-6H3;11-12H,4-10H2,1-3H3;4H,2-3H2,1H3/t;11?,12-;/m.0./s1. The molecular formula is C51H81NO2. The molecule has 1 aliphatic heterocycles. The van der Waals surface area contributed by atoms with Crippen molar-refractivity contribution in [3.05, 3.63) is 41.5 Å². The number of benzene rings is 1. The number of hydrogen-bond acceptors (Lipinski definition) is 2. The second-order valence-electron chi connectivity index (χ2n) is 21.2. The number of rotatable bonds is 6. The Bertz CT molecular complexity index is 1480. The van der Waals surface area contributed by atoms with Crippen molar-refractivity contribution < 1.29 is 9.59 Å². The van der Waals surface area contributed by atoms with E-state index in [9.17, 15) is 9.59 Å². The molecule has 1 aromatic carbocycles. The van der Waals surface area contributed by atoms with Gasteiger partial charge in [0.1, 0.15) is 5.78 Å². The maximum atomic E-state index is 12.9. The number of fused-ring (bicyclic) bond motifs is 7. The first kappa shape index (κ1) is 41.7. The topological polar surface area (TPSA) is 37.4 Å². The van der Waals surface area contributed by atoms with Gasteiger partial charge in [0.25, 0.3) is 0 Å². The molecule has 6 fully saturated rings. The van der Waals surface area contributed by atoms with E-state index in [0.717, 1.165) is 42.1 Å². The Morgan fingerprint density at radius 2 is 1.50 bits per heavy atom. The van der Waals surface area contributed by atoms with Crippen LogP contribution in [0.2, 0.25) is 0 Å². The molecule has 3 nitrogen and oxygen atoms in total. The number of Topliss-reactive ketones (excluding diaryl/α,β-unsaturated/α-hetero) is 1. The molecule has 10 atom stereocenters. The molecule has 7 aliphatic rings. The number of piperidine rings is 1. The molecule has 1 amide bonds. The summed E-state index contributed by atoms with van der Waals surface area (Å²) < 4.78 is 0.